The van der Waals surface area contributed by atoms with Crippen LogP contribution in [0.25, 0.3) is 0 Å². The van der Waals surface area contributed by atoms with Crippen molar-refractivity contribution in [3.8, 4) is 5.75 Å². The van der Waals surface area contributed by atoms with Gasteiger partial charge in [0.1, 0.15) is 5.75 Å². The highest BCUT2D eigenvalue weighted by Gasteiger charge is 2.39. The van der Waals surface area contributed by atoms with Gasteiger partial charge >= 0.3 is 0 Å². The molecule has 5 nitrogen and oxygen atoms in total. The number of non-ortho nitro benzene ring substituents is 1. The van der Waals surface area contributed by atoms with Gasteiger partial charge in [-0.15, -0.1) is 0 Å². The summed E-state index contributed by atoms with van der Waals surface area (Å²) in [6.07, 6.45) is 5.43. The minimum absolute atomic E-state index is 0.0222. The number of nitro benzene ring substituents is 1. The largest absolute Gasteiger partial charge is 0.492 e. The zero-order chi connectivity index (χ0) is 17.4. The second-order valence-corrected chi connectivity index (χ2v) is 6.48. The lowest BCUT2D eigenvalue weighted by atomic mass is 9.77. The Labute approximate surface area is 146 Å². The molecule has 0 aromatic heterocycles. The van der Waals surface area contributed by atoms with Crippen LogP contribution < -0.4 is 10.1 Å². The van der Waals surface area contributed by atoms with E-state index in [2.05, 4.69) is 23.5 Å². The average Bonchev–Trinajstić information content (AvgIpc) is 3.12. The molecule has 4 rings (SSSR count). The Balaban J connectivity index is 1.79. The molecule has 1 aliphatic heterocycles. The van der Waals surface area contributed by atoms with E-state index >= 15 is 0 Å². The third kappa shape index (κ3) is 2.65. The zero-order valence-electron chi connectivity index (χ0n) is 14.0. The van der Waals surface area contributed by atoms with Crippen LogP contribution in [0.2, 0.25) is 0 Å². The van der Waals surface area contributed by atoms with E-state index in [0.717, 1.165) is 23.4 Å². The molecule has 1 N–H and O–H groups in total. The molecule has 5 heteroatoms. The summed E-state index contributed by atoms with van der Waals surface area (Å²) in [4.78, 5) is 10.8. The van der Waals surface area contributed by atoms with E-state index in [-0.39, 0.29) is 16.7 Å². The van der Waals surface area contributed by atoms with E-state index in [9.17, 15) is 10.1 Å². The van der Waals surface area contributed by atoms with Crippen molar-refractivity contribution in [2.24, 2.45) is 5.92 Å². The Kier molecular flexibility index (Phi) is 3.92. The molecule has 0 saturated carbocycles. The van der Waals surface area contributed by atoms with Crippen molar-refractivity contribution in [2.45, 2.75) is 25.3 Å². The van der Waals surface area contributed by atoms with Gasteiger partial charge in [0, 0.05) is 18.1 Å². The molecule has 2 aromatic rings. The van der Waals surface area contributed by atoms with E-state index in [1.54, 1.807) is 12.1 Å². The van der Waals surface area contributed by atoms with Crippen molar-refractivity contribution in [1.29, 1.82) is 0 Å². The third-order valence-corrected chi connectivity index (χ3v) is 5.10. The van der Waals surface area contributed by atoms with E-state index in [4.69, 9.17) is 4.74 Å². The van der Waals surface area contributed by atoms with Gasteiger partial charge < -0.3 is 10.1 Å². The summed E-state index contributed by atoms with van der Waals surface area (Å²) in [7, 11) is 0. The second kappa shape index (κ2) is 6.24. The molecular formula is C20H20N2O3. The Bertz CT molecular complexity index is 847. The predicted octanol–water partition coefficient (Wildman–Crippen LogP) is 4.82. The Hall–Kier alpha value is -2.82. The van der Waals surface area contributed by atoms with Crippen LogP contribution in [0.3, 0.4) is 0 Å². The zero-order valence-corrected chi connectivity index (χ0v) is 14.0. The van der Waals surface area contributed by atoms with Crippen LogP contribution >= 0.6 is 0 Å². The van der Waals surface area contributed by atoms with E-state index < -0.39 is 0 Å². The van der Waals surface area contributed by atoms with Gasteiger partial charge in [-0.05, 0) is 36.5 Å². The van der Waals surface area contributed by atoms with Gasteiger partial charge in [0.15, 0.2) is 0 Å². The molecule has 0 bridgehead atoms. The van der Waals surface area contributed by atoms with Crippen molar-refractivity contribution in [2.75, 3.05) is 11.9 Å². The topological polar surface area (TPSA) is 64.4 Å². The first-order valence-corrected chi connectivity index (χ1v) is 8.62. The number of hydrogen-bond acceptors (Lipinski definition) is 4. The van der Waals surface area contributed by atoms with Gasteiger partial charge in [-0.1, -0.05) is 36.4 Å². The van der Waals surface area contributed by atoms with Gasteiger partial charge in [-0.3, -0.25) is 10.1 Å². The molecule has 3 atom stereocenters. The van der Waals surface area contributed by atoms with Crippen LogP contribution in [0, 0.1) is 16.0 Å². The summed E-state index contributed by atoms with van der Waals surface area (Å²) in [5.41, 5.74) is 3.33. The fourth-order valence-corrected chi connectivity index (χ4v) is 4.03. The number of nitrogens with zero attached hydrogens (tertiary/aromatic N) is 1. The Morgan fingerprint density at radius 3 is 2.92 bits per heavy atom. The summed E-state index contributed by atoms with van der Waals surface area (Å²) in [5, 5.41) is 14.8. The van der Waals surface area contributed by atoms with Gasteiger partial charge in [0.05, 0.1) is 23.3 Å². The molecule has 0 amide bonds. The van der Waals surface area contributed by atoms with Crippen molar-refractivity contribution >= 4 is 11.4 Å². The van der Waals surface area contributed by atoms with Crippen LogP contribution in [-0.4, -0.2) is 11.5 Å². The van der Waals surface area contributed by atoms with E-state index in [0.29, 0.717) is 18.4 Å². The molecule has 0 fully saturated rings. The van der Waals surface area contributed by atoms with Crippen molar-refractivity contribution < 1.29 is 9.66 Å². The second-order valence-electron chi connectivity index (χ2n) is 6.48. The number of fused-ring (bicyclic) bond motifs is 3. The molecule has 2 aliphatic rings. The molecule has 0 radical (unpaired) electrons. The van der Waals surface area contributed by atoms with Crippen molar-refractivity contribution in [3.05, 3.63) is 75.9 Å². The number of nitro groups is 1. The number of allylic oxidation sites excluding steroid dienone is 2. The number of rotatable bonds is 4. The number of hydrogen-bond donors (Lipinski definition) is 1. The Morgan fingerprint density at radius 2 is 2.12 bits per heavy atom. The van der Waals surface area contributed by atoms with Crippen LogP contribution in [0.5, 0.6) is 5.75 Å². The molecule has 0 saturated heterocycles. The molecule has 1 aliphatic carbocycles. The normalized spacial score (nSPS) is 23.5. The van der Waals surface area contributed by atoms with Crippen molar-refractivity contribution in [3.63, 3.8) is 0 Å². The SMILES string of the molecule is CCOc1cccc2c1N[C@H](c1cccc([N+](=O)[O-])c1)[C@@H]1CC=C[C@H]21. The molecule has 128 valence electrons. The maximum atomic E-state index is 11.2. The summed E-state index contributed by atoms with van der Waals surface area (Å²) in [6, 6.07) is 13.1. The molecular weight excluding hydrogens is 316 g/mol. The highest BCUT2D eigenvalue weighted by Crippen LogP contribution is 2.52. The monoisotopic (exact) mass is 336 g/mol. The number of anilines is 1. The summed E-state index contributed by atoms with van der Waals surface area (Å²) >= 11 is 0. The van der Waals surface area contributed by atoms with Crippen LogP contribution in [0.1, 0.15) is 36.4 Å². The quantitative estimate of drug-likeness (QED) is 0.494. The van der Waals surface area contributed by atoms with Crippen LogP contribution in [-0.2, 0) is 0 Å². The minimum atomic E-state index is -0.337. The summed E-state index contributed by atoms with van der Waals surface area (Å²) in [5.74, 6) is 1.50. The minimum Gasteiger partial charge on any atom is -0.492 e. The Morgan fingerprint density at radius 1 is 1.28 bits per heavy atom. The smallest absolute Gasteiger partial charge is 0.269 e. The van der Waals surface area contributed by atoms with Crippen molar-refractivity contribution in [1.82, 2.24) is 0 Å². The maximum Gasteiger partial charge on any atom is 0.269 e. The average molecular weight is 336 g/mol. The van der Waals surface area contributed by atoms with Gasteiger partial charge in [-0.25, -0.2) is 0 Å². The first kappa shape index (κ1) is 15.7. The molecule has 1 heterocycles. The van der Waals surface area contributed by atoms with E-state index in [1.807, 2.05) is 25.1 Å². The first-order valence-electron chi connectivity index (χ1n) is 8.62. The third-order valence-electron chi connectivity index (χ3n) is 5.10. The highest BCUT2D eigenvalue weighted by atomic mass is 16.6. The van der Waals surface area contributed by atoms with E-state index in [1.165, 1.54) is 11.6 Å². The number of benzene rings is 2. The van der Waals surface area contributed by atoms with Gasteiger partial charge in [0.25, 0.3) is 5.69 Å². The lowest BCUT2D eigenvalue weighted by Crippen LogP contribution is -2.29. The standard InChI is InChI=1S/C20H20N2O3/c1-2-25-18-11-5-10-17-15-8-4-9-16(15)19(21-20(17)18)13-6-3-7-14(12-13)22(23)24/h3-8,10-12,15-16,19,21H,2,9H2,1H3/t15-,16+,19+/m0/s1. The van der Waals surface area contributed by atoms with Crippen LogP contribution in [0.15, 0.2) is 54.6 Å². The van der Waals surface area contributed by atoms with Gasteiger partial charge in [-0.2, -0.15) is 0 Å². The molecule has 0 spiro atoms. The number of nitrogens with one attached hydrogen (secondary N) is 1. The fourth-order valence-electron chi connectivity index (χ4n) is 4.03. The molecule has 0 unspecified atom stereocenters. The van der Waals surface area contributed by atoms with Crippen LogP contribution in [0.4, 0.5) is 11.4 Å². The lowest BCUT2D eigenvalue weighted by Gasteiger charge is -2.38. The molecule has 25 heavy (non-hydrogen) atoms. The molecule has 2 aromatic carbocycles. The predicted molar refractivity (Wildman–Crippen MR) is 97.1 cm³/mol. The summed E-state index contributed by atoms with van der Waals surface area (Å²) in [6.45, 7) is 2.57. The number of para-hydroxylation sites is 1. The highest BCUT2D eigenvalue weighted by molar-refractivity contribution is 5.67. The summed E-state index contributed by atoms with van der Waals surface area (Å²) < 4.78 is 5.80. The maximum absolute atomic E-state index is 11.2. The lowest BCUT2D eigenvalue weighted by molar-refractivity contribution is -0.384. The van der Waals surface area contributed by atoms with Gasteiger partial charge in [0.2, 0.25) is 0 Å². The number of ether oxygens (including phenoxy) is 1. The fraction of sp³-hybridized carbons (Fsp3) is 0.300. The first-order chi connectivity index (χ1) is 12.2.